The highest BCUT2D eigenvalue weighted by molar-refractivity contribution is 5.83. The van der Waals surface area contributed by atoms with E-state index in [0.717, 1.165) is 56.8 Å². The van der Waals surface area contributed by atoms with Crippen LogP contribution in [0.3, 0.4) is 0 Å². The van der Waals surface area contributed by atoms with Crippen LogP contribution < -0.4 is 11.3 Å². The molecule has 1 aliphatic carbocycles. The zero-order valence-electron chi connectivity index (χ0n) is 25.1. The summed E-state index contributed by atoms with van der Waals surface area (Å²) in [6, 6.07) is 10.6. The topological polar surface area (TPSA) is 137 Å². The van der Waals surface area contributed by atoms with Crippen molar-refractivity contribution >= 4 is 16.7 Å². The lowest BCUT2D eigenvalue weighted by Crippen LogP contribution is -2.43. The highest BCUT2D eigenvalue weighted by atomic mass is 19.1. The molecule has 1 saturated heterocycles. The molecule has 45 heavy (non-hydrogen) atoms. The zero-order chi connectivity index (χ0) is 31.1. The van der Waals surface area contributed by atoms with Gasteiger partial charge in [-0.1, -0.05) is 18.2 Å². The number of halogens is 1. The molecule has 2 fully saturated rings. The van der Waals surface area contributed by atoms with E-state index < -0.39 is 18.0 Å². The molecule has 0 bridgehead atoms. The smallest absolute Gasteiger partial charge is 0.265 e. The molecule has 3 aromatic heterocycles. The summed E-state index contributed by atoms with van der Waals surface area (Å²) in [5, 5.41) is 15.6. The number of nitrogen functional groups attached to an aromatic ring is 1. The molecule has 12 heteroatoms. The van der Waals surface area contributed by atoms with Gasteiger partial charge < -0.3 is 15.6 Å². The first-order valence-electron chi connectivity index (χ1n) is 15.3. The quantitative estimate of drug-likeness (QED) is 0.257. The number of rotatable bonds is 9. The van der Waals surface area contributed by atoms with E-state index in [0.29, 0.717) is 46.4 Å². The average Bonchev–Trinajstić information content (AvgIpc) is 3.81. The first-order valence-corrected chi connectivity index (χ1v) is 15.3. The van der Waals surface area contributed by atoms with Crippen LogP contribution in [0.5, 0.6) is 0 Å². The molecule has 5 aromatic rings. The number of hydrogen-bond donors (Lipinski definition) is 2. The minimum Gasteiger partial charge on any atom is -0.392 e. The molecule has 232 valence electrons. The van der Waals surface area contributed by atoms with Crippen LogP contribution in [0.1, 0.15) is 48.2 Å². The Morgan fingerprint density at radius 2 is 1.96 bits per heavy atom. The molecular formula is C33H35FN8O3. The van der Waals surface area contributed by atoms with Crippen LogP contribution >= 0.6 is 0 Å². The maximum Gasteiger partial charge on any atom is 0.265 e. The predicted molar refractivity (Wildman–Crippen MR) is 168 cm³/mol. The maximum absolute atomic E-state index is 15.2. The van der Waals surface area contributed by atoms with Gasteiger partial charge >= 0.3 is 0 Å². The van der Waals surface area contributed by atoms with Crippen LogP contribution in [0.2, 0.25) is 0 Å². The van der Waals surface area contributed by atoms with E-state index in [1.54, 1.807) is 36.7 Å². The second-order valence-corrected chi connectivity index (χ2v) is 11.9. The van der Waals surface area contributed by atoms with Crippen LogP contribution in [0.25, 0.3) is 27.8 Å². The number of fused-ring (bicyclic) bond motifs is 1. The average molecular weight is 611 g/mol. The van der Waals surface area contributed by atoms with Crippen molar-refractivity contribution in [2.45, 2.75) is 51.3 Å². The van der Waals surface area contributed by atoms with Crippen molar-refractivity contribution < 1.29 is 14.2 Å². The van der Waals surface area contributed by atoms with E-state index in [4.69, 9.17) is 10.5 Å². The van der Waals surface area contributed by atoms with E-state index >= 15 is 4.39 Å². The Bertz CT molecular complexity index is 1930. The van der Waals surface area contributed by atoms with Gasteiger partial charge in [0, 0.05) is 49.1 Å². The Hall–Kier alpha value is -4.52. The Balaban J connectivity index is 1.18. The van der Waals surface area contributed by atoms with Gasteiger partial charge in [0.15, 0.2) is 5.82 Å². The summed E-state index contributed by atoms with van der Waals surface area (Å²) in [4.78, 5) is 29.4. The van der Waals surface area contributed by atoms with Crippen molar-refractivity contribution in [3.8, 4) is 17.1 Å². The second kappa shape index (κ2) is 12.1. The minimum atomic E-state index is -0.538. The number of nitrogens with zero attached hydrogens (tertiary/aromatic N) is 7. The number of aliphatic hydroxyl groups is 1. The van der Waals surface area contributed by atoms with E-state index in [9.17, 15) is 9.90 Å². The summed E-state index contributed by atoms with van der Waals surface area (Å²) in [6.45, 7) is 5.84. The molecule has 11 nitrogen and oxygen atoms in total. The molecule has 7 rings (SSSR count). The number of aromatic nitrogens is 6. The molecule has 1 atom stereocenters. The Morgan fingerprint density at radius 3 is 2.73 bits per heavy atom. The summed E-state index contributed by atoms with van der Waals surface area (Å²) in [6.07, 6.45) is 7.85. The molecule has 0 spiro atoms. The number of aliphatic hydroxyl groups excluding tert-OH is 1. The summed E-state index contributed by atoms with van der Waals surface area (Å²) >= 11 is 0. The van der Waals surface area contributed by atoms with Crippen molar-refractivity contribution in [3.05, 3.63) is 93.7 Å². The number of ether oxygens (including phenoxy) is 1. The summed E-state index contributed by atoms with van der Waals surface area (Å²) in [5.74, 6) is 0.579. The number of nitrogens with two attached hydrogens (primary N) is 1. The van der Waals surface area contributed by atoms with Crippen molar-refractivity contribution in [3.63, 3.8) is 0 Å². The number of pyridine rings is 1. The Labute approximate surface area is 259 Å². The van der Waals surface area contributed by atoms with Gasteiger partial charge in [0.1, 0.15) is 11.6 Å². The number of anilines is 1. The van der Waals surface area contributed by atoms with Gasteiger partial charge in [-0.25, -0.2) is 9.37 Å². The normalized spacial score (nSPS) is 16.3. The maximum atomic E-state index is 15.2. The Morgan fingerprint density at radius 1 is 1.13 bits per heavy atom. The first-order chi connectivity index (χ1) is 21.9. The second-order valence-electron chi connectivity index (χ2n) is 11.9. The SMILES string of the molecule is CC(Cn1cc(Cc2nc(N)nc(-c3cccc(-n4ccc5cc(C6CC6)cc(F)c5c4=O)c3CO)n2)cn1)N1CCOCC1. The first kappa shape index (κ1) is 29.2. The predicted octanol–water partition coefficient (Wildman–Crippen LogP) is 3.44. The third-order valence-corrected chi connectivity index (χ3v) is 8.71. The molecule has 1 saturated carbocycles. The molecule has 4 heterocycles. The lowest BCUT2D eigenvalue weighted by molar-refractivity contribution is 0.0162. The number of morpholine rings is 1. The fourth-order valence-corrected chi connectivity index (χ4v) is 6.19. The van der Waals surface area contributed by atoms with Crippen molar-refractivity contribution in [1.82, 2.24) is 34.2 Å². The monoisotopic (exact) mass is 610 g/mol. The standard InChI is InChI=1S/C33H35FN8O3/c1-20(40-9-11-45-12-10-40)17-41-18-21(16-36-41)13-29-37-31(39-33(35)38-29)25-3-2-4-28(26(25)19-43)42-8-7-23-14-24(22-5-6-22)15-27(34)30(23)32(42)44/h2-4,7-8,14-16,18,20,22,43H,5-6,9-13,17,19H2,1H3,(H2,35,37,38,39). The largest absolute Gasteiger partial charge is 0.392 e. The summed E-state index contributed by atoms with van der Waals surface area (Å²) < 4.78 is 24.0. The highest BCUT2D eigenvalue weighted by Gasteiger charge is 2.26. The van der Waals surface area contributed by atoms with Gasteiger partial charge in [-0.2, -0.15) is 15.1 Å². The molecular weight excluding hydrogens is 575 g/mol. The molecule has 2 aliphatic rings. The number of benzene rings is 2. The van der Waals surface area contributed by atoms with Gasteiger partial charge in [0.05, 0.1) is 43.6 Å². The lowest BCUT2D eigenvalue weighted by Gasteiger charge is -2.32. The van der Waals surface area contributed by atoms with E-state index in [1.807, 2.05) is 16.9 Å². The lowest BCUT2D eigenvalue weighted by atomic mass is 10.0. The van der Waals surface area contributed by atoms with E-state index in [1.165, 1.54) is 10.6 Å². The van der Waals surface area contributed by atoms with Gasteiger partial charge in [0.25, 0.3) is 5.56 Å². The van der Waals surface area contributed by atoms with Crippen LogP contribution in [0.15, 0.2) is 59.8 Å². The third kappa shape index (κ3) is 5.96. The van der Waals surface area contributed by atoms with Crippen molar-refractivity contribution in [1.29, 1.82) is 0 Å². The third-order valence-electron chi connectivity index (χ3n) is 8.71. The van der Waals surface area contributed by atoms with E-state index in [2.05, 4.69) is 31.9 Å². The molecule has 3 N–H and O–H groups in total. The fourth-order valence-electron chi connectivity index (χ4n) is 6.19. The van der Waals surface area contributed by atoms with Gasteiger partial charge in [0.2, 0.25) is 5.95 Å². The minimum absolute atomic E-state index is 0.0165. The van der Waals surface area contributed by atoms with Gasteiger partial charge in [-0.3, -0.25) is 18.9 Å². The van der Waals surface area contributed by atoms with Crippen molar-refractivity contribution in [2.24, 2.45) is 0 Å². The Kier molecular flexibility index (Phi) is 7.86. The van der Waals surface area contributed by atoms with Crippen LogP contribution in [-0.2, 0) is 24.3 Å². The molecule has 1 aliphatic heterocycles. The molecule has 0 radical (unpaired) electrons. The summed E-state index contributed by atoms with van der Waals surface area (Å²) in [5.41, 5.74) is 8.79. The summed E-state index contributed by atoms with van der Waals surface area (Å²) in [7, 11) is 0. The van der Waals surface area contributed by atoms with Crippen molar-refractivity contribution in [2.75, 3.05) is 32.0 Å². The van der Waals surface area contributed by atoms with Crippen LogP contribution in [0.4, 0.5) is 10.3 Å². The van der Waals surface area contributed by atoms with Gasteiger partial charge in [-0.05, 0) is 60.4 Å². The number of hydrogen-bond acceptors (Lipinski definition) is 9. The van der Waals surface area contributed by atoms with Crippen LogP contribution in [-0.4, -0.2) is 71.7 Å². The highest BCUT2D eigenvalue weighted by Crippen LogP contribution is 2.41. The fraction of sp³-hybridized carbons (Fsp3) is 0.364. The van der Waals surface area contributed by atoms with Crippen LogP contribution in [0, 0.1) is 5.82 Å². The van der Waals surface area contributed by atoms with Gasteiger partial charge in [-0.15, -0.1) is 0 Å². The molecule has 1 unspecified atom stereocenters. The molecule has 0 amide bonds. The van der Waals surface area contributed by atoms with E-state index in [-0.39, 0.29) is 17.2 Å². The zero-order valence-corrected chi connectivity index (χ0v) is 25.1. The molecule has 2 aromatic carbocycles.